The molecule has 2 aliphatic rings. The average Bonchev–Trinajstić information content (AvgIpc) is 3.20. The molecule has 0 aliphatic carbocycles. The van der Waals surface area contributed by atoms with Crippen molar-refractivity contribution in [3.05, 3.63) is 35.4 Å². The quantitative estimate of drug-likeness (QED) is 0.769. The first-order chi connectivity index (χ1) is 13.0. The van der Waals surface area contributed by atoms with Crippen molar-refractivity contribution in [2.75, 3.05) is 31.9 Å². The number of rotatable bonds is 7. The lowest BCUT2D eigenvalue weighted by molar-refractivity contribution is -0.126. The predicted octanol–water partition coefficient (Wildman–Crippen LogP) is 1.96. The van der Waals surface area contributed by atoms with Gasteiger partial charge in [0.05, 0.1) is 11.7 Å². The summed E-state index contributed by atoms with van der Waals surface area (Å²) in [5.74, 6) is -0.210. The number of nitrogens with zero attached hydrogens (tertiary/aromatic N) is 2. The summed E-state index contributed by atoms with van der Waals surface area (Å²) < 4.78 is 25.7. The summed E-state index contributed by atoms with van der Waals surface area (Å²) in [5, 5.41) is 3.05. The normalized spacial score (nSPS) is 22.0. The van der Waals surface area contributed by atoms with Crippen LogP contribution in [-0.4, -0.2) is 55.5 Å². The van der Waals surface area contributed by atoms with Crippen molar-refractivity contribution in [1.29, 1.82) is 0 Å². The molecule has 0 aromatic heterocycles. The topological polar surface area (TPSA) is 69.7 Å². The molecule has 7 heteroatoms. The summed E-state index contributed by atoms with van der Waals surface area (Å²) in [7, 11) is -3.23. The second-order valence-electron chi connectivity index (χ2n) is 7.57. The largest absolute Gasteiger partial charge is 0.352 e. The molecule has 0 bridgehead atoms. The summed E-state index contributed by atoms with van der Waals surface area (Å²) in [6, 6.07) is 8.26. The number of likely N-dealkylation sites (tertiary alicyclic amines) is 1. The van der Waals surface area contributed by atoms with Crippen molar-refractivity contribution in [3.8, 4) is 0 Å². The second-order valence-corrected chi connectivity index (χ2v) is 9.83. The molecule has 1 amide bonds. The number of carbonyl (C=O) groups is 1. The van der Waals surface area contributed by atoms with Gasteiger partial charge in [-0.1, -0.05) is 24.3 Å². The van der Waals surface area contributed by atoms with Crippen molar-refractivity contribution < 1.29 is 13.2 Å². The fraction of sp³-hybridized carbons (Fsp3) is 0.650. The summed E-state index contributed by atoms with van der Waals surface area (Å²) >= 11 is 0. The fourth-order valence-corrected chi connectivity index (χ4v) is 5.16. The third kappa shape index (κ3) is 5.30. The van der Waals surface area contributed by atoms with Gasteiger partial charge >= 0.3 is 0 Å². The molecule has 1 atom stereocenters. The number of carbonyl (C=O) groups excluding carboxylic acids is 1. The van der Waals surface area contributed by atoms with Gasteiger partial charge in [-0.2, -0.15) is 0 Å². The molecule has 2 saturated heterocycles. The lowest BCUT2D eigenvalue weighted by Crippen LogP contribution is -2.45. The van der Waals surface area contributed by atoms with Gasteiger partial charge < -0.3 is 5.32 Å². The summed E-state index contributed by atoms with van der Waals surface area (Å²) in [4.78, 5) is 15.1. The Kier molecular flexibility index (Phi) is 6.89. The van der Waals surface area contributed by atoms with Crippen LogP contribution in [0, 0.1) is 5.92 Å². The van der Waals surface area contributed by atoms with Crippen LogP contribution in [0.3, 0.4) is 0 Å². The van der Waals surface area contributed by atoms with E-state index in [9.17, 15) is 13.2 Å². The van der Waals surface area contributed by atoms with Crippen molar-refractivity contribution in [2.24, 2.45) is 5.92 Å². The maximum absolute atomic E-state index is 12.6. The van der Waals surface area contributed by atoms with E-state index in [1.807, 2.05) is 12.1 Å². The molecule has 1 aromatic carbocycles. The third-order valence-corrected chi connectivity index (χ3v) is 7.53. The highest BCUT2D eigenvalue weighted by atomic mass is 32.2. The van der Waals surface area contributed by atoms with Crippen molar-refractivity contribution in [1.82, 2.24) is 14.5 Å². The molecule has 0 unspecified atom stereocenters. The Bertz CT molecular complexity index is 745. The van der Waals surface area contributed by atoms with Crippen LogP contribution in [0.5, 0.6) is 0 Å². The molecule has 0 radical (unpaired) electrons. The van der Waals surface area contributed by atoms with Crippen molar-refractivity contribution in [2.45, 2.75) is 45.7 Å². The minimum Gasteiger partial charge on any atom is -0.352 e. The summed E-state index contributed by atoms with van der Waals surface area (Å²) in [6.45, 7) is 6.19. The number of benzene rings is 1. The highest BCUT2D eigenvalue weighted by Gasteiger charge is 2.31. The van der Waals surface area contributed by atoms with E-state index >= 15 is 0 Å². The SMILES string of the molecule is CCS(=O)(=O)N1CCC[C@@H](C(=O)NCc2ccccc2CN2CCCC2)C1. The zero-order valence-electron chi connectivity index (χ0n) is 16.2. The first-order valence-corrected chi connectivity index (χ1v) is 11.6. The van der Waals surface area contributed by atoms with Gasteiger partial charge in [0.15, 0.2) is 0 Å². The molecule has 0 spiro atoms. The van der Waals surface area contributed by atoms with Gasteiger partial charge in [-0.25, -0.2) is 12.7 Å². The van der Waals surface area contributed by atoms with Crippen LogP contribution in [-0.2, 0) is 27.9 Å². The maximum atomic E-state index is 12.6. The van der Waals surface area contributed by atoms with Gasteiger partial charge in [0.2, 0.25) is 15.9 Å². The molecule has 27 heavy (non-hydrogen) atoms. The number of hydrogen-bond acceptors (Lipinski definition) is 4. The monoisotopic (exact) mass is 393 g/mol. The number of sulfonamides is 1. The third-order valence-electron chi connectivity index (χ3n) is 5.68. The second kappa shape index (κ2) is 9.17. The molecule has 0 saturated carbocycles. The Morgan fingerprint density at radius 1 is 1.11 bits per heavy atom. The minimum atomic E-state index is -3.23. The van der Waals surface area contributed by atoms with Crippen LogP contribution < -0.4 is 5.32 Å². The maximum Gasteiger partial charge on any atom is 0.224 e. The molecule has 1 N–H and O–H groups in total. The Morgan fingerprint density at radius 3 is 2.52 bits per heavy atom. The van der Waals surface area contributed by atoms with Crippen LogP contribution >= 0.6 is 0 Å². The molecule has 150 valence electrons. The summed E-state index contributed by atoms with van der Waals surface area (Å²) in [6.07, 6.45) is 4.01. The Labute approximate surface area is 163 Å². The molecule has 2 heterocycles. The fourth-order valence-electron chi connectivity index (χ4n) is 3.98. The lowest BCUT2D eigenvalue weighted by atomic mass is 9.98. The molecule has 6 nitrogen and oxygen atoms in total. The molecule has 1 aromatic rings. The van der Waals surface area contributed by atoms with Gasteiger partial charge in [0.25, 0.3) is 0 Å². The molecule has 3 rings (SSSR count). The highest BCUT2D eigenvalue weighted by molar-refractivity contribution is 7.89. The highest BCUT2D eigenvalue weighted by Crippen LogP contribution is 2.20. The van der Waals surface area contributed by atoms with E-state index in [0.717, 1.165) is 38.0 Å². The molecule has 2 aliphatic heterocycles. The van der Waals surface area contributed by atoms with E-state index in [2.05, 4.69) is 22.3 Å². The van der Waals surface area contributed by atoms with Crippen LogP contribution in [0.2, 0.25) is 0 Å². The summed E-state index contributed by atoms with van der Waals surface area (Å²) in [5.41, 5.74) is 2.41. The van der Waals surface area contributed by atoms with E-state index < -0.39 is 10.0 Å². The number of amides is 1. The van der Waals surface area contributed by atoms with Crippen LogP contribution in [0.25, 0.3) is 0 Å². The number of hydrogen-bond donors (Lipinski definition) is 1. The predicted molar refractivity (Wildman–Crippen MR) is 107 cm³/mol. The standard InChI is InChI=1S/C20H31N3O3S/c1-2-27(25,26)23-13-7-10-19(16-23)20(24)21-14-17-8-3-4-9-18(17)15-22-11-5-6-12-22/h3-4,8-9,19H,2,5-7,10-16H2,1H3,(H,21,24)/t19-/m1/s1. The van der Waals surface area contributed by atoms with Gasteiger partial charge in [0, 0.05) is 26.2 Å². The Balaban J connectivity index is 1.57. The number of nitrogens with one attached hydrogen (secondary N) is 1. The zero-order chi connectivity index (χ0) is 19.3. The molecule has 2 fully saturated rings. The minimum absolute atomic E-state index is 0.0398. The number of piperidine rings is 1. The first-order valence-electron chi connectivity index (χ1n) is 10.0. The van der Waals surface area contributed by atoms with E-state index in [4.69, 9.17) is 0 Å². The lowest BCUT2D eigenvalue weighted by Gasteiger charge is -2.31. The van der Waals surface area contributed by atoms with Crippen LogP contribution in [0.15, 0.2) is 24.3 Å². The van der Waals surface area contributed by atoms with E-state index in [0.29, 0.717) is 19.6 Å². The molecular formula is C20H31N3O3S. The smallest absolute Gasteiger partial charge is 0.224 e. The van der Waals surface area contributed by atoms with E-state index in [-0.39, 0.29) is 17.6 Å². The van der Waals surface area contributed by atoms with E-state index in [1.165, 1.54) is 22.7 Å². The van der Waals surface area contributed by atoms with Gasteiger partial charge in [-0.15, -0.1) is 0 Å². The average molecular weight is 394 g/mol. The van der Waals surface area contributed by atoms with E-state index in [1.54, 1.807) is 6.92 Å². The van der Waals surface area contributed by atoms with Crippen molar-refractivity contribution >= 4 is 15.9 Å². The van der Waals surface area contributed by atoms with Gasteiger partial charge in [0.1, 0.15) is 0 Å². The molecular weight excluding hydrogens is 362 g/mol. The first kappa shape index (κ1) is 20.3. The van der Waals surface area contributed by atoms with Gasteiger partial charge in [-0.05, 0) is 56.8 Å². The Morgan fingerprint density at radius 2 is 1.81 bits per heavy atom. The Hall–Kier alpha value is -1.44. The zero-order valence-corrected chi connectivity index (χ0v) is 17.0. The van der Waals surface area contributed by atoms with Gasteiger partial charge in [-0.3, -0.25) is 9.69 Å². The van der Waals surface area contributed by atoms with Crippen molar-refractivity contribution in [3.63, 3.8) is 0 Å². The van der Waals surface area contributed by atoms with Crippen LogP contribution in [0.4, 0.5) is 0 Å². The van der Waals surface area contributed by atoms with Crippen LogP contribution in [0.1, 0.15) is 43.7 Å².